The predicted molar refractivity (Wildman–Crippen MR) is 134 cm³/mol. The summed E-state index contributed by atoms with van der Waals surface area (Å²) in [5.41, 5.74) is 3.09. The monoisotopic (exact) mass is 497 g/mol. The Balaban J connectivity index is 1.43. The summed E-state index contributed by atoms with van der Waals surface area (Å²) in [6.45, 7) is 2.32. The second-order valence-electron chi connectivity index (χ2n) is 7.07. The Kier molecular flexibility index (Phi) is 7.59. The first-order valence-corrected chi connectivity index (χ1v) is 12.5. The van der Waals surface area contributed by atoms with Gasteiger partial charge in [0.1, 0.15) is 16.2 Å². The van der Waals surface area contributed by atoms with Gasteiger partial charge in [0.2, 0.25) is 5.91 Å². The molecule has 9 heteroatoms. The van der Waals surface area contributed by atoms with Crippen molar-refractivity contribution >= 4 is 62.5 Å². The first-order chi connectivity index (χ1) is 16.0. The number of halogens is 1. The van der Waals surface area contributed by atoms with Crippen molar-refractivity contribution in [3.8, 4) is 11.1 Å². The van der Waals surface area contributed by atoms with Gasteiger partial charge < -0.3 is 10.1 Å². The molecule has 2 aromatic carbocycles. The SMILES string of the molecule is CCCOC(=O)c1ccc(NC(=O)CSc2ncnc3scc(-c4ccc(Cl)cc4)c23)cc1. The van der Waals surface area contributed by atoms with Gasteiger partial charge in [-0.2, -0.15) is 0 Å². The standard InChI is InChI=1S/C24H20ClN3O3S2/c1-2-11-31-24(30)16-5-9-18(10-6-16)28-20(29)13-33-23-21-19(12-32-22(21)26-14-27-23)15-3-7-17(25)8-4-15/h3-10,12,14H,2,11,13H2,1H3,(H,28,29). The Bertz CT molecular complexity index is 1270. The summed E-state index contributed by atoms with van der Waals surface area (Å²) in [4.78, 5) is 34.1. The second-order valence-corrected chi connectivity index (χ2v) is 9.32. The zero-order chi connectivity index (χ0) is 23.2. The van der Waals surface area contributed by atoms with E-state index in [0.29, 0.717) is 22.9 Å². The van der Waals surface area contributed by atoms with E-state index < -0.39 is 0 Å². The number of aromatic nitrogens is 2. The van der Waals surface area contributed by atoms with Crippen molar-refractivity contribution in [2.45, 2.75) is 18.4 Å². The van der Waals surface area contributed by atoms with Gasteiger partial charge in [0, 0.05) is 21.7 Å². The molecular weight excluding hydrogens is 478 g/mol. The van der Waals surface area contributed by atoms with Crippen molar-refractivity contribution in [2.24, 2.45) is 0 Å². The van der Waals surface area contributed by atoms with E-state index in [9.17, 15) is 9.59 Å². The summed E-state index contributed by atoms with van der Waals surface area (Å²) in [6, 6.07) is 14.3. The molecule has 33 heavy (non-hydrogen) atoms. The van der Waals surface area contributed by atoms with Crippen LogP contribution in [0.4, 0.5) is 5.69 Å². The minimum atomic E-state index is -0.370. The van der Waals surface area contributed by atoms with Crippen LogP contribution in [0.5, 0.6) is 0 Å². The van der Waals surface area contributed by atoms with Crippen LogP contribution in [0.15, 0.2) is 65.3 Å². The number of amides is 1. The van der Waals surface area contributed by atoms with E-state index >= 15 is 0 Å². The number of nitrogens with zero attached hydrogens (tertiary/aromatic N) is 2. The molecule has 1 N–H and O–H groups in total. The van der Waals surface area contributed by atoms with E-state index in [4.69, 9.17) is 16.3 Å². The maximum absolute atomic E-state index is 12.5. The quantitative estimate of drug-likeness (QED) is 0.174. The largest absolute Gasteiger partial charge is 0.462 e. The number of thiophene rings is 1. The number of nitrogens with one attached hydrogen (secondary N) is 1. The minimum absolute atomic E-state index is 0.170. The van der Waals surface area contributed by atoms with E-state index in [2.05, 4.69) is 15.3 Å². The lowest BCUT2D eigenvalue weighted by molar-refractivity contribution is -0.113. The Morgan fingerprint density at radius 3 is 2.58 bits per heavy atom. The first kappa shape index (κ1) is 23.2. The Morgan fingerprint density at radius 2 is 1.85 bits per heavy atom. The van der Waals surface area contributed by atoms with Crippen LogP contribution in [0.25, 0.3) is 21.3 Å². The molecule has 6 nitrogen and oxygen atoms in total. The molecule has 4 aromatic rings. The fourth-order valence-electron chi connectivity index (χ4n) is 3.10. The van der Waals surface area contributed by atoms with Gasteiger partial charge in [-0.05, 0) is 48.4 Å². The van der Waals surface area contributed by atoms with Gasteiger partial charge in [-0.1, -0.05) is 42.4 Å². The fraction of sp³-hybridized carbons (Fsp3) is 0.167. The number of ether oxygens (including phenoxy) is 1. The normalized spacial score (nSPS) is 10.8. The number of hydrogen-bond acceptors (Lipinski definition) is 7. The van der Waals surface area contributed by atoms with Gasteiger partial charge in [-0.3, -0.25) is 4.79 Å². The highest BCUT2D eigenvalue weighted by Gasteiger charge is 2.15. The van der Waals surface area contributed by atoms with Crippen molar-refractivity contribution in [2.75, 3.05) is 17.7 Å². The van der Waals surface area contributed by atoms with Gasteiger partial charge in [-0.25, -0.2) is 14.8 Å². The summed E-state index contributed by atoms with van der Waals surface area (Å²) >= 11 is 8.92. The highest BCUT2D eigenvalue weighted by molar-refractivity contribution is 8.00. The van der Waals surface area contributed by atoms with E-state index in [-0.39, 0.29) is 17.6 Å². The third kappa shape index (κ3) is 5.71. The number of fused-ring (bicyclic) bond motifs is 1. The van der Waals surface area contributed by atoms with Crippen LogP contribution in [-0.2, 0) is 9.53 Å². The molecule has 168 valence electrons. The van der Waals surface area contributed by atoms with Gasteiger partial charge >= 0.3 is 5.97 Å². The van der Waals surface area contributed by atoms with Crippen LogP contribution in [-0.4, -0.2) is 34.2 Å². The highest BCUT2D eigenvalue weighted by Crippen LogP contribution is 2.38. The topological polar surface area (TPSA) is 81.2 Å². The van der Waals surface area contributed by atoms with Crippen LogP contribution in [0.3, 0.4) is 0 Å². The fourth-order valence-corrected chi connectivity index (χ4v) is 5.02. The molecule has 0 saturated heterocycles. The molecule has 2 heterocycles. The molecule has 0 spiro atoms. The van der Waals surface area contributed by atoms with Crippen LogP contribution in [0.2, 0.25) is 5.02 Å². The molecule has 0 aliphatic heterocycles. The minimum Gasteiger partial charge on any atom is -0.462 e. The van der Waals surface area contributed by atoms with Gasteiger partial charge in [-0.15, -0.1) is 11.3 Å². The average molecular weight is 498 g/mol. The molecule has 0 aliphatic carbocycles. The lowest BCUT2D eigenvalue weighted by atomic mass is 10.1. The summed E-state index contributed by atoms with van der Waals surface area (Å²) in [7, 11) is 0. The third-order valence-corrected chi connectivity index (χ3v) is 6.80. The second kappa shape index (κ2) is 10.8. The number of rotatable bonds is 8. The maximum Gasteiger partial charge on any atom is 0.338 e. The Labute approximate surface area is 204 Å². The summed E-state index contributed by atoms with van der Waals surface area (Å²) in [6.07, 6.45) is 2.28. The average Bonchev–Trinajstić information content (AvgIpc) is 3.27. The van der Waals surface area contributed by atoms with E-state index in [1.54, 1.807) is 24.3 Å². The molecule has 0 fully saturated rings. The Hall–Kier alpha value is -2.94. The van der Waals surface area contributed by atoms with Gasteiger partial charge in [0.15, 0.2) is 0 Å². The number of carbonyl (C=O) groups is 2. The number of hydrogen-bond donors (Lipinski definition) is 1. The lowest BCUT2D eigenvalue weighted by Crippen LogP contribution is -2.14. The zero-order valence-electron chi connectivity index (χ0n) is 17.7. The third-order valence-electron chi connectivity index (χ3n) is 4.67. The number of benzene rings is 2. The van der Waals surface area contributed by atoms with Crippen molar-refractivity contribution in [3.63, 3.8) is 0 Å². The van der Waals surface area contributed by atoms with Crippen molar-refractivity contribution in [3.05, 3.63) is 70.8 Å². The molecule has 0 saturated carbocycles. The predicted octanol–water partition coefficient (Wildman–Crippen LogP) is 6.31. The molecule has 0 unspecified atom stereocenters. The number of thioether (sulfide) groups is 1. The van der Waals surface area contributed by atoms with Crippen molar-refractivity contribution in [1.29, 1.82) is 0 Å². The van der Waals surface area contributed by atoms with Crippen molar-refractivity contribution in [1.82, 2.24) is 9.97 Å². The number of anilines is 1. The summed E-state index contributed by atoms with van der Waals surface area (Å²) in [5, 5.41) is 7.24. The number of esters is 1. The molecule has 2 aromatic heterocycles. The van der Waals surface area contributed by atoms with Gasteiger partial charge in [0.25, 0.3) is 0 Å². The van der Waals surface area contributed by atoms with Crippen LogP contribution in [0.1, 0.15) is 23.7 Å². The smallest absolute Gasteiger partial charge is 0.338 e. The van der Waals surface area contributed by atoms with E-state index in [1.165, 1.54) is 29.4 Å². The van der Waals surface area contributed by atoms with Gasteiger partial charge in [0.05, 0.1) is 23.3 Å². The Morgan fingerprint density at radius 1 is 1.09 bits per heavy atom. The van der Waals surface area contributed by atoms with Crippen LogP contribution < -0.4 is 5.32 Å². The number of carbonyl (C=O) groups excluding carboxylic acids is 2. The first-order valence-electron chi connectivity index (χ1n) is 10.2. The summed E-state index contributed by atoms with van der Waals surface area (Å²) < 4.78 is 5.11. The molecule has 0 radical (unpaired) electrons. The van der Waals surface area contributed by atoms with Crippen LogP contribution in [0, 0.1) is 0 Å². The molecule has 0 bridgehead atoms. The molecule has 0 aliphatic rings. The maximum atomic E-state index is 12.5. The molecule has 4 rings (SSSR count). The summed E-state index contributed by atoms with van der Waals surface area (Å²) in [5.74, 6) is -0.357. The molecule has 1 amide bonds. The van der Waals surface area contributed by atoms with E-state index in [0.717, 1.165) is 32.8 Å². The molecular formula is C24H20ClN3O3S2. The van der Waals surface area contributed by atoms with E-state index in [1.807, 2.05) is 36.6 Å². The van der Waals surface area contributed by atoms with Crippen LogP contribution >= 0.6 is 34.7 Å². The molecule has 0 atom stereocenters. The lowest BCUT2D eigenvalue weighted by Gasteiger charge is -2.08. The van der Waals surface area contributed by atoms with Crippen molar-refractivity contribution < 1.29 is 14.3 Å². The highest BCUT2D eigenvalue weighted by atomic mass is 35.5. The zero-order valence-corrected chi connectivity index (χ0v) is 20.1.